The maximum atomic E-state index is 11.2. The van der Waals surface area contributed by atoms with Crippen LogP contribution >= 0.6 is 34.8 Å². The summed E-state index contributed by atoms with van der Waals surface area (Å²) >= 11 is 17.3. The second-order valence-corrected chi connectivity index (χ2v) is 3.98. The van der Waals surface area contributed by atoms with Crippen molar-refractivity contribution in [3.8, 4) is 0 Å². The third-order valence-corrected chi connectivity index (χ3v) is 2.37. The highest BCUT2D eigenvalue weighted by atomic mass is 35.5. The third-order valence-electron chi connectivity index (χ3n) is 1.56. The van der Waals surface area contributed by atoms with E-state index in [0.717, 1.165) is 0 Å². The molecule has 0 saturated carbocycles. The Kier molecular flexibility index (Phi) is 5.15. The number of aliphatic hydroxyl groups is 1. The molecule has 7 heteroatoms. The molecule has 0 aliphatic carbocycles. The highest BCUT2D eigenvalue weighted by Gasteiger charge is 2.11. The molecule has 16 heavy (non-hydrogen) atoms. The number of halogens is 3. The molecular weight excluding hydrogens is 276 g/mol. The largest absolute Gasteiger partial charge is 0.447 e. The lowest BCUT2D eigenvalue weighted by Gasteiger charge is -2.09. The minimum Gasteiger partial charge on any atom is -0.447 e. The van der Waals surface area contributed by atoms with E-state index in [1.54, 1.807) is 0 Å². The number of nitrogens with one attached hydrogen (secondary N) is 1. The lowest BCUT2D eigenvalue weighted by molar-refractivity contribution is 0.131. The molecule has 4 nitrogen and oxygen atoms in total. The van der Waals surface area contributed by atoms with Crippen LogP contribution in [0.5, 0.6) is 0 Å². The van der Waals surface area contributed by atoms with E-state index in [-0.39, 0.29) is 28.9 Å². The molecule has 2 N–H and O–H groups in total. The summed E-state index contributed by atoms with van der Waals surface area (Å²) in [6, 6.07) is 2.88. The first-order valence-corrected chi connectivity index (χ1v) is 5.37. The Bertz CT molecular complexity index is 375. The van der Waals surface area contributed by atoms with Crippen molar-refractivity contribution in [3.05, 3.63) is 27.2 Å². The number of benzene rings is 1. The number of carbonyl (C=O) groups excluding carboxylic acids is 1. The molecule has 0 unspecified atom stereocenters. The predicted octanol–water partition coefficient (Wildman–Crippen LogP) is 3.19. The third kappa shape index (κ3) is 3.72. The van der Waals surface area contributed by atoms with Gasteiger partial charge in [0, 0.05) is 5.02 Å². The Morgan fingerprint density at radius 1 is 1.31 bits per heavy atom. The summed E-state index contributed by atoms with van der Waals surface area (Å²) in [5.41, 5.74) is 0.218. The van der Waals surface area contributed by atoms with E-state index in [1.165, 1.54) is 12.1 Å². The van der Waals surface area contributed by atoms with E-state index in [2.05, 4.69) is 10.1 Å². The number of rotatable bonds is 3. The van der Waals surface area contributed by atoms with Crippen molar-refractivity contribution in [1.29, 1.82) is 0 Å². The van der Waals surface area contributed by atoms with E-state index in [4.69, 9.17) is 39.9 Å². The Morgan fingerprint density at radius 2 is 1.88 bits per heavy atom. The molecule has 1 aromatic rings. The number of carbonyl (C=O) groups is 1. The molecule has 0 aliphatic heterocycles. The van der Waals surface area contributed by atoms with E-state index >= 15 is 0 Å². The van der Waals surface area contributed by atoms with Gasteiger partial charge < -0.3 is 9.84 Å². The SMILES string of the molecule is O=C(Nc1c(Cl)cc(Cl)cc1Cl)OCCO. The summed E-state index contributed by atoms with van der Waals surface area (Å²) in [5, 5.41) is 11.6. The summed E-state index contributed by atoms with van der Waals surface area (Å²) in [5.74, 6) is 0. The van der Waals surface area contributed by atoms with Gasteiger partial charge in [-0.25, -0.2) is 4.79 Å². The lowest BCUT2D eigenvalue weighted by Crippen LogP contribution is -2.16. The predicted molar refractivity (Wildman–Crippen MR) is 63.5 cm³/mol. The summed E-state index contributed by atoms with van der Waals surface area (Å²) in [6.07, 6.45) is -0.750. The van der Waals surface area contributed by atoms with E-state index in [0.29, 0.717) is 5.02 Å². The van der Waals surface area contributed by atoms with Crippen LogP contribution in [0.25, 0.3) is 0 Å². The molecule has 0 spiro atoms. The van der Waals surface area contributed by atoms with Gasteiger partial charge in [-0.3, -0.25) is 5.32 Å². The molecule has 88 valence electrons. The molecule has 0 bridgehead atoms. The smallest absolute Gasteiger partial charge is 0.411 e. The van der Waals surface area contributed by atoms with E-state index in [1.807, 2.05) is 0 Å². The quantitative estimate of drug-likeness (QED) is 0.896. The first-order chi connectivity index (χ1) is 7.54. The average molecular weight is 285 g/mol. The zero-order valence-corrected chi connectivity index (χ0v) is 10.2. The molecule has 1 amide bonds. The van der Waals surface area contributed by atoms with Crippen molar-refractivity contribution in [3.63, 3.8) is 0 Å². The molecule has 0 heterocycles. The summed E-state index contributed by atoms with van der Waals surface area (Å²) in [4.78, 5) is 11.2. The van der Waals surface area contributed by atoms with Crippen molar-refractivity contribution in [2.45, 2.75) is 0 Å². The van der Waals surface area contributed by atoms with Gasteiger partial charge in [0.1, 0.15) is 6.61 Å². The number of ether oxygens (including phenoxy) is 1. The summed E-state index contributed by atoms with van der Waals surface area (Å²) in [7, 11) is 0. The highest BCUT2D eigenvalue weighted by molar-refractivity contribution is 6.42. The molecule has 0 fully saturated rings. The van der Waals surface area contributed by atoms with Crippen LogP contribution in [-0.2, 0) is 4.74 Å². The van der Waals surface area contributed by atoms with Gasteiger partial charge in [0.2, 0.25) is 0 Å². The molecule has 0 aromatic heterocycles. The van der Waals surface area contributed by atoms with E-state index < -0.39 is 6.09 Å². The number of amides is 1. The first kappa shape index (κ1) is 13.4. The summed E-state index contributed by atoms with van der Waals surface area (Å²) in [6.45, 7) is -0.357. The van der Waals surface area contributed by atoms with Gasteiger partial charge in [-0.1, -0.05) is 34.8 Å². The fourth-order valence-electron chi connectivity index (χ4n) is 0.938. The van der Waals surface area contributed by atoms with Gasteiger partial charge in [0.05, 0.1) is 22.3 Å². The van der Waals surface area contributed by atoms with Gasteiger partial charge in [0.25, 0.3) is 0 Å². The van der Waals surface area contributed by atoms with Crippen LogP contribution in [0.1, 0.15) is 0 Å². The number of hydrogen-bond acceptors (Lipinski definition) is 3. The van der Waals surface area contributed by atoms with Gasteiger partial charge in [-0.15, -0.1) is 0 Å². The topological polar surface area (TPSA) is 58.6 Å². The zero-order chi connectivity index (χ0) is 12.1. The van der Waals surface area contributed by atoms with Crippen LogP contribution in [0.4, 0.5) is 10.5 Å². The monoisotopic (exact) mass is 283 g/mol. The van der Waals surface area contributed by atoms with Gasteiger partial charge in [-0.2, -0.15) is 0 Å². The van der Waals surface area contributed by atoms with E-state index in [9.17, 15) is 4.79 Å². The molecule has 0 saturated heterocycles. The van der Waals surface area contributed by atoms with Crippen molar-refractivity contribution < 1.29 is 14.6 Å². The van der Waals surface area contributed by atoms with Crippen LogP contribution in [-0.4, -0.2) is 24.4 Å². The Morgan fingerprint density at radius 3 is 2.38 bits per heavy atom. The van der Waals surface area contributed by atoms with Crippen LogP contribution in [0.3, 0.4) is 0 Å². The maximum absolute atomic E-state index is 11.2. The molecule has 0 atom stereocenters. The molecule has 1 aromatic carbocycles. The molecule has 1 rings (SSSR count). The van der Waals surface area contributed by atoms with Crippen molar-refractivity contribution >= 4 is 46.6 Å². The van der Waals surface area contributed by atoms with Crippen LogP contribution in [0.2, 0.25) is 15.1 Å². The Hall–Kier alpha value is -0.680. The number of anilines is 1. The molecule has 0 radical (unpaired) electrons. The van der Waals surface area contributed by atoms with Crippen LogP contribution in [0, 0.1) is 0 Å². The van der Waals surface area contributed by atoms with Crippen LogP contribution in [0.15, 0.2) is 12.1 Å². The average Bonchev–Trinajstić information content (AvgIpc) is 2.20. The number of aliphatic hydroxyl groups excluding tert-OH is 1. The molecule has 0 aliphatic rings. The molecular formula is C9H8Cl3NO3. The fraction of sp³-hybridized carbons (Fsp3) is 0.222. The van der Waals surface area contributed by atoms with Crippen molar-refractivity contribution in [2.75, 3.05) is 18.5 Å². The fourth-order valence-corrected chi connectivity index (χ4v) is 1.85. The zero-order valence-electron chi connectivity index (χ0n) is 7.97. The van der Waals surface area contributed by atoms with Gasteiger partial charge in [0.15, 0.2) is 0 Å². The Labute approximate surface area is 107 Å². The second kappa shape index (κ2) is 6.15. The lowest BCUT2D eigenvalue weighted by atomic mass is 10.3. The minimum absolute atomic E-state index is 0.103. The first-order valence-electron chi connectivity index (χ1n) is 4.23. The second-order valence-electron chi connectivity index (χ2n) is 2.73. The minimum atomic E-state index is -0.750. The maximum Gasteiger partial charge on any atom is 0.411 e. The van der Waals surface area contributed by atoms with Crippen LogP contribution < -0.4 is 5.32 Å². The van der Waals surface area contributed by atoms with Crippen molar-refractivity contribution in [1.82, 2.24) is 0 Å². The van der Waals surface area contributed by atoms with Crippen molar-refractivity contribution in [2.24, 2.45) is 0 Å². The normalized spacial score (nSPS) is 10.0. The summed E-state index contributed by atoms with van der Waals surface area (Å²) < 4.78 is 4.59. The number of hydrogen-bond donors (Lipinski definition) is 2. The Balaban J connectivity index is 2.77. The van der Waals surface area contributed by atoms with Gasteiger partial charge >= 0.3 is 6.09 Å². The van der Waals surface area contributed by atoms with Gasteiger partial charge in [-0.05, 0) is 12.1 Å². The highest BCUT2D eigenvalue weighted by Crippen LogP contribution is 2.33. The standard InChI is InChI=1S/C9H8Cl3NO3/c10-5-3-6(11)8(7(12)4-5)13-9(15)16-2-1-14/h3-4,14H,1-2H2,(H,13,15).